The quantitative estimate of drug-likeness (QED) is 0.891. The first-order chi connectivity index (χ1) is 9.54. The summed E-state index contributed by atoms with van der Waals surface area (Å²) in [4.78, 5) is 26.3. The number of thiazole rings is 1. The van der Waals surface area contributed by atoms with E-state index in [9.17, 15) is 9.59 Å². The predicted molar refractivity (Wildman–Crippen MR) is 75.6 cm³/mol. The van der Waals surface area contributed by atoms with Gasteiger partial charge < -0.3 is 10.4 Å². The van der Waals surface area contributed by atoms with Gasteiger partial charge in [0.05, 0.1) is 10.7 Å². The average molecular weight is 312 g/mol. The van der Waals surface area contributed by atoms with Crippen molar-refractivity contribution in [1.82, 2.24) is 9.88 Å². The van der Waals surface area contributed by atoms with Crippen LogP contribution in [0.5, 0.6) is 0 Å². The minimum atomic E-state index is -1.34. The number of carbonyl (C=O) groups excluding carboxylic acids is 1. The molecule has 1 aromatic heterocycles. The van der Waals surface area contributed by atoms with Crippen LogP contribution in [0.15, 0.2) is 34.6 Å². The molecule has 0 fully saturated rings. The van der Waals surface area contributed by atoms with E-state index in [4.69, 9.17) is 16.7 Å². The summed E-state index contributed by atoms with van der Waals surface area (Å²) in [6.07, 6.45) is -1.34. The number of para-hydroxylation sites is 1. The number of amides is 2. The van der Waals surface area contributed by atoms with Crippen LogP contribution >= 0.6 is 22.9 Å². The van der Waals surface area contributed by atoms with Gasteiger partial charge in [-0.2, -0.15) is 0 Å². The Kier molecular flexibility index (Phi) is 4.21. The fourth-order valence-corrected chi connectivity index (χ4v) is 2.71. The first-order valence-corrected chi connectivity index (χ1v) is 6.75. The number of aromatic nitrogens is 1. The second kappa shape index (κ2) is 5.89. The highest BCUT2D eigenvalue weighted by Crippen LogP contribution is 2.21. The maximum atomic E-state index is 11.9. The van der Waals surface area contributed by atoms with E-state index in [2.05, 4.69) is 10.3 Å². The number of hydrogen-bond acceptors (Lipinski definition) is 3. The van der Waals surface area contributed by atoms with Crippen molar-refractivity contribution in [3.8, 4) is 5.69 Å². The zero-order chi connectivity index (χ0) is 14.7. The van der Waals surface area contributed by atoms with E-state index in [1.165, 1.54) is 17.0 Å². The zero-order valence-corrected chi connectivity index (χ0v) is 11.9. The van der Waals surface area contributed by atoms with Crippen LogP contribution in [0.3, 0.4) is 0 Å². The molecule has 20 heavy (non-hydrogen) atoms. The summed E-state index contributed by atoms with van der Waals surface area (Å²) in [5, 5.41) is 13.2. The third-order valence-electron chi connectivity index (χ3n) is 2.45. The molecule has 8 heteroatoms. The highest BCUT2D eigenvalue weighted by molar-refractivity contribution is 7.07. The monoisotopic (exact) mass is 311 g/mol. The van der Waals surface area contributed by atoms with Gasteiger partial charge in [-0.1, -0.05) is 23.7 Å². The number of hydrogen-bond donors (Lipinski definition) is 2. The highest BCUT2D eigenvalue weighted by Gasteiger charge is 2.16. The van der Waals surface area contributed by atoms with Crippen LogP contribution in [-0.2, 0) is 0 Å². The van der Waals surface area contributed by atoms with Gasteiger partial charge in [-0.15, -0.1) is 16.3 Å². The predicted octanol–water partition coefficient (Wildman–Crippen LogP) is 2.13. The fourth-order valence-electron chi connectivity index (χ4n) is 1.62. The molecule has 2 aromatic rings. The number of nitrogens with one attached hydrogen (secondary N) is 1. The molecule has 1 aromatic carbocycles. The van der Waals surface area contributed by atoms with Crippen LogP contribution in [0.4, 0.5) is 4.79 Å². The third kappa shape index (κ3) is 2.73. The van der Waals surface area contributed by atoms with Crippen LogP contribution in [0.2, 0.25) is 5.02 Å². The molecule has 104 valence electrons. The van der Waals surface area contributed by atoms with Crippen LogP contribution in [0.25, 0.3) is 5.69 Å². The maximum absolute atomic E-state index is 11.9. The van der Waals surface area contributed by atoms with E-state index in [1.54, 1.807) is 24.3 Å². The SMILES string of the molecule is CNC(=O)c1cs/c(=N/C(=O)O)n1-c1ccccc1Cl. The normalized spacial score (nSPS) is 11.4. The number of benzene rings is 1. The Morgan fingerprint density at radius 2 is 2.10 bits per heavy atom. The molecule has 2 N–H and O–H groups in total. The molecule has 0 saturated carbocycles. The number of carboxylic acid groups (broad SMARTS) is 1. The molecule has 0 radical (unpaired) electrons. The minimum absolute atomic E-state index is 0.157. The molecule has 0 spiro atoms. The zero-order valence-electron chi connectivity index (χ0n) is 10.3. The molecule has 6 nitrogen and oxygen atoms in total. The lowest BCUT2D eigenvalue weighted by Crippen LogP contribution is -2.25. The Morgan fingerprint density at radius 3 is 2.70 bits per heavy atom. The minimum Gasteiger partial charge on any atom is -0.463 e. The molecule has 0 atom stereocenters. The summed E-state index contributed by atoms with van der Waals surface area (Å²) in [6, 6.07) is 6.82. The molecular weight excluding hydrogens is 302 g/mol. The topological polar surface area (TPSA) is 83.7 Å². The van der Waals surface area contributed by atoms with Gasteiger partial charge >= 0.3 is 6.09 Å². The van der Waals surface area contributed by atoms with Gasteiger partial charge in [-0.3, -0.25) is 9.36 Å². The van der Waals surface area contributed by atoms with Crippen molar-refractivity contribution in [2.75, 3.05) is 7.05 Å². The Balaban J connectivity index is 2.77. The number of nitrogens with zero attached hydrogens (tertiary/aromatic N) is 2. The van der Waals surface area contributed by atoms with Crippen molar-refractivity contribution in [3.63, 3.8) is 0 Å². The van der Waals surface area contributed by atoms with Gasteiger partial charge in [0.25, 0.3) is 5.91 Å². The largest absolute Gasteiger partial charge is 0.463 e. The maximum Gasteiger partial charge on any atom is 0.433 e. The van der Waals surface area contributed by atoms with Gasteiger partial charge in [0.2, 0.25) is 4.80 Å². The molecule has 0 aliphatic rings. The van der Waals surface area contributed by atoms with Gasteiger partial charge in [-0.05, 0) is 12.1 Å². The van der Waals surface area contributed by atoms with Crippen molar-refractivity contribution in [3.05, 3.63) is 45.2 Å². The lowest BCUT2D eigenvalue weighted by molar-refractivity contribution is 0.0956. The second-order valence-electron chi connectivity index (χ2n) is 3.66. The van der Waals surface area contributed by atoms with Gasteiger partial charge in [-0.25, -0.2) is 4.79 Å². The van der Waals surface area contributed by atoms with Gasteiger partial charge in [0, 0.05) is 12.4 Å². The Bertz CT molecular complexity index is 736. The summed E-state index contributed by atoms with van der Waals surface area (Å²) in [5.74, 6) is -0.354. The molecule has 0 aliphatic carbocycles. The van der Waals surface area contributed by atoms with Crippen LogP contribution < -0.4 is 10.1 Å². The number of carbonyl (C=O) groups is 2. The summed E-state index contributed by atoms with van der Waals surface area (Å²) in [7, 11) is 1.49. The van der Waals surface area contributed by atoms with E-state index in [0.29, 0.717) is 10.7 Å². The first-order valence-electron chi connectivity index (χ1n) is 5.49. The fraction of sp³-hybridized carbons (Fsp3) is 0.0833. The second-order valence-corrected chi connectivity index (χ2v) is 4.91. The first kappa shape index (κ1) is 14.3. The Hall–Kier alpha value is -2.12. The summed E-state index contributed by atoms with van der Waals surface area (Å²) >= 11 is 7.15. The molecule has 1 heterocycles. The smallest absolute Gasteiger partial charge is 0.433 e. The van der Waals surface area contributed by atoms with E-state index in [-0.39, 0.29) is 16.4 Å². The average Bonchev–Trinajstić information content (AvgIpc) is 2.81. The molecule has 0 saturated heterocycles. The number of halogens is 1. The third-order valence-corrected chi connectivity index (χ3v) is 3.60. The summed E-state index contributed by atoms with van der Waals surface area (Å²) in [6.45, 7) is 0. The molecule has 0 unspecified atom stereocenters. The van der Waals surface area contributed by atoms with E-state index in [1.807, 2.05) is 0 Å². The lowest BCUT2D eigenvalue weighted by Gasteiger charge is -2.09. The molecule has 0 aliphatic heterocycles. The van der Waals surface area contributed by atoms with Crippen molar-refractivity contribution < 1.29 is 14.7 Å². The van der Waals surface area contributed by atoms with Gasteiger partial charge in [0.1, 0.15) is 5.69 Å². The van der Waals surface area contributed by atoms with Crippen LogP contribution in [0, 0.1) is 0 Å². The molecular formula is C12H10ClN3O3S. The van der Waals surface area contributed by atoms with Crippen LogP contribution in [-0.4, -0.2) is 28.7 Å². The number of rotatable bonds is 2. The van der Waals surface area contributed by atoms with Crippen molar-refractivity contribution in [1.29, 1.82) is 0 Å². The molecule has 0 bridgehead atoms. The summed E-state index contributed by atoms with van der Waals surface area (Å²) < 4.78 is 1.42. The van der Waals surface area contributed by atoms with Crippen LogP contribution in [0.1, 0.15) is 10.5 Å². The van der Waals surface area contributed by atoms with Gasteiger partial charge in [0.15, 0.2) is 0 Å². The summed E-state index contributed by atoms with van der Waals surface area (Å²) in [5.41, 5.74) is 0.764. The van der Waals surface area contributed by atoms with E-state index < -0.39 is 6.09 Å². The molecule has 2 rings (SSSR count). The van der Waals surface area contributed by atoms with E-state index in [0.717, 1.165) is 11.3 Å². The highest BCUT2D eigenvalue weighted by atomic mass is 35.5. The van der Waals surface area contributed by atoms with Crippen molar-refractivity contribution in [2.24, 2.45) is 4.99 Å². The Morgan fingerprint density at radius 1 is 1.40 bits per heavy atom. The van der Waals surface area contributed by atoms with Crippen molar-refractivity contribution in [2.45, 2.75) is 0 Å². The van der Waals surface area contributed by atoms with Crippen molar-refractivity contribution >= 4 is 34.9 Å². The van der Waals surface area contributed by atoms with E-state index >= 15 is 0 Å². The standard InChI is InChI=1S/C12H10ClN3O3S/c1-14-10(17)9-6-20-11(15-12(18)19)16(9)8-5-3-2-4-7(8)13/h2-6H,1H3,(H,14,17)(H,18,19)/b15-11+. The molecule has 2 amide bonds. The Labute approximate surface area is 123 Å². The lowest BCUT2D eigenvalue weighted by atomic mass is 10.3.